The van der Waals surface area contributed by atoms with Crippen LogP contribution in [-0.4, -0.2) is 79.8 Å². The highest BCUT2D eigenvalue weighted by atomic mass is 16.4. The molecule has 1 fully saturated rings. The van der Waals surface area contributed by atoms with Crippen LogP contribution in [0.15, 0.2) is 77.6 Å². The average molecular weight is 593 g/mol. The Morgan fingerprint density at radius 3 is 2.66 bits per heavy atom. The van der Waals surface area contributed by atoms with Gasteiger partial charge in [-0.1, -0.05) is 55.5 Å². The Morgan fingerprint density at radius 2 is 1.91 bits per heavy atom. The van der Waals surface area contributed by atoms with Crippen molar-refractivity contribution in [3.05, 3.63) is 90.4 Å². The molecule has 1 amide bonds. The highest BCUT2D eigenvalue weighted by Gasteiger charge is 2.28. The van der Waals surface area contributed by atoms with E-state index in [0.717, 1.165) is 47.6 Å². The van der Waals surface area contributed by atoms with Crippen molar-refractivity contribution in [1.82, 2.24) is 39.6 Å². The molecule has 2 N–H and O–H groups in total. The van der Waals surface area contributed by atoms with Gasteiger partial charge in [0.05, 0.1) is 30.7 Å². The number of aromatic amines is 2. The Bertz CT molecular complexity index is 1690. The summed E-state index contributed by atoms with van der Waals surface area (Å²) < 4.78 is 6.17. The van der Waals surface area contributed by atoms with E-state index in [1.54, 1.807) is 12.4 Å². The van der Waals surface area contributed by atoms with Crippen LogP contribution in [0.4, 0.5) is 0 Å². The van der Waals surface area contributed by atoms with Crippen LogP contribution in [0.5, 0.6) is 0 Å². The van der Waals surface area contributed by atoms with Crippen molar-refractivity contribution in [3.8, 4) is 34.2 Å². The third-order valence-corrected chi connectivity index (χ3v) is 8.26. The Labute approximate surface area is 258 Å². The molecule has 1 aliphatic rings. The first-order valence-electron chi connectivity index (χ1n) is 15.3. The predicted octanol–water partition coefficient (Wildman–Crippen LogP) is 5.93. The first-order valence-corrected chi connectivity index (χ1v) is 15.3. The summed E-state index contributed by atoms with van der Waals surface area (Å²) in [7, 11) is 6.02. The standard InChI is InChI=1S/C34H40N8O2/c1-5-16-42(34(43)31(40(2)3)23-11-7-6-8-12-23)22-30-35-20-27(38-30)33-37-21-29(44-33)25-14-9-13-24(18-25)26-19-36-32(39-26)28-15-10-17-41(28)4/h6-9,11-14,18-21,28,31H,5,10,15-17,22H2,1-4H3,(H,35,38)(H,36,39)/t28-,31+/m0/s1. The molecule has 0 bridgehead atoms. The van der Waals surface area contributed by atoms with E-state index in [1.807, 2.05) is 72.6 Å². The van der Waals surface area contributed by atoms with Gasteiger partial charge < -0.3 is 19.3 Å². The molecular formula is C34H40N8O2. The summed E-state index contributed by atoms with van der Waals surface area (Å²) in [5, 5.41) is 0. The minimum absolute atomic E-state index is 0.0407. The summed E-state index contributed by atoms with van der Waals surface area (Å²) in [6.07, 6.45) is 8.57. The van der Waals surface area contributed by atoms with Crippen LogP contribution in [0.2, 0.25) is 0 Å². The maximum absolute atomic E-state index is 13.7. The van der Waals surface area contributed by atoms with E-state index < -0.39 is 0 Å². The number of imidazole rings is 2. The molecule has 0 radical (unpaired) electrons. The van der Waals surface area contributed by atoms with E-state index in [4.69, 9.17) is 9.40 Å². The van der Waals surface area contributed by atoms with Gasteiger partial charge in [0.1, 0.15) is 23.4 Å². The molecule has 0 aliphatic carbocycles. The first-order chi connectivity index (χ1) is 21.4. The van der Waals surface area contributed by atoms with Crippen LogP contribution in [0.25, 0.3) is 34.2 Å². The molecule has 0 unspecified atom stereocenters. The Morgan fingerprint density at radius 1 is 1.09 bits per heavy atom. The number of aromatic nitrogens is 5. The molecule has 1 saturated heterocycles. The second-order valence-corrected chi connectivity index (χ2v) is 11.7. The average Bonchev–Trinajstić information content (AvgIpc) is 3.85. The van der Waals surface area contributed by atoms with E-state index in [9.17, 15) is 4.79 Å². The van der Waals surface area contributed by atoms with Crippen LogP contribution < -0.4 is 0 Å². The van der Waals surface area contributed by atoms with Gasteiger partial charge in [0.15, 0.2) is 5.76 Å². The van der Waals surface area contributed by atoms with Crippen molar-refractivity contribution < 1.29 is 9.21 Å². The second-order valence-electron chi connectivity index (χ2n) is 11.7. The second kappa shape index (κ2) is 13.0. The van der Waals surface area contributed by atoms with Crippen LogP contribution in [0, 0.1) is 0 Å². The summed E-state index contributed by atoms with van der Waals surface area (Å²) in [5.41, 5.74) is 4.50. The summed E-state index contributed by atoms with van der Waals surface area (Å²) in [6.45, 7) is 4.16. The molecule has 4 heterocycles. The number of likely N-dealkylation sites (N-methyl/N-ethyl adjacent to an activating group) is 1. The van der Waals surface area contributed by atoms with E-state index >= 15 is 0 Å². The molecule has 228 valence electrons. The number of benzene rings is 2. The van der Waals surface area contributed by atoms with E-state index in [0.29, 0.717) is 42.3 Å². The minimum Gasteiger partial charge on any atom is -0.435 e. The lowest BCUT2D eigenvalue weighted by Crippen LogP contribution is -2.40. The highest BCUT2D eigenvalue weighted by Crippen LogP contribution is 2.32. The topological polar surface area (TPSA) is 110 Å². The number of hydrogen-bond acceptors (Lipinski definition) is 7. The highest BCUT2D eigenvalue weighted by molar-refractivity contribution is 5.83. The van der Waals surface area contributed by atoms with Gasteiger partial charge in [0.25, 0.3) is 0 Å². The van der Waals surface area contributed by atoms with Crippen molar-refractivity contribution in [2.45, 2.75) is 44.8 Å². The number of carbonyl (C=O) groups excluding carboxylic acids is 1. The van der Waals surface area contributed by atoms with Crippen LogP contribution >= 0.6 is 0 Å². The summed E-state index contributed by atoms with van der Waals surface area (Å²) in [4.78, 5) is 40.6. The normalized spacial score (nSPS) is 16.1. The zero-order chi connectivity index (χ0) is 30.6. The zero-order valence-corrected chi connectivity index (χ0v) is 25.8. The molecule has 2 atom stereocenters. The summed E-state index contributed by atoms with van der Waals surface area (Å²) >= 11 is 0. The van der Waals surface area contributed by atoms with Crippen molar-refractivity contribution in [2.75, 3.05) is 34.2 Å². The summed E-state index contributed by atoms with van der Waals surface area (Å²) in [5.74, 6) is 2.81. The molecule has 44 heavy (non-hydrogen) atoms. The van der Waals surface area contributed by atoms with Gasteiger partial charge in [-0.15, -0.1) is 0 Å². The fourth-order valence-corrected chi connectivity index (χ4v) is 6.01. The number of carbonyl (C=O) groups is 1. The Kier molecular flexibility index (Phi) is 8.72. The molecule has 0 saturated carbocycles. The third-order valence-electron chi connectivity index (χ3n) is 8.26. The number of hydrogen-bond donors (Lipinski definition) is 2. The minimum atomic E-state index is -0.375. The Hall–Kier alpha value is -4.54. The van der Waals surface area contributed by atoms with Crippen molar-refractivity contribution in [1.29, 1.82) is 0 Å². The lowest BCUT2D eigenvalue weighted by Gasteiger charge is -2.30. The molecule has 0 spiro atoms. The smallest absolute Gasteiger partial charge is 0.247 e. The van der Waals surface area contributed by atoms with Gasteiger partial charge in [-0.05, 0) is 58.6 Å². The maximum Gasteiger partial charge on any atom is 0.247 e. The van der Waals surface area contributed by atoms with Crippen molar-refractivity contribution in [3.63, 3.8) is 0 Å². The molecule has 10 nitrogen and oxygen atoms in total. The maximum atomic E-state index is 13.7. The lowest BCUT2D eigenvalue weighted by atomic mass is 10.0. The number of H-pyrrole nitrogens is 2. The van der Waals surface area contributed by atoms with Crippen LogP contribution in [0.3, 0.4) is 0 Å². The SMILES string of the molecule is CCCN(Cc1nc(-c2ncc(-c3cccc(-c4cnc([C@@H]5CCCN5C)[nH]4)c3)o2)c[nH]1)C(=O)[C@@H](c1ccccc1)N(C)C. The van der Waals surface area contributed by atoms with E-state index in [1.165, 1.54) is 6.42 Å². The molecular weight excluding hydrogens is 552 g/mol. The quantitative estimate of drug-likeness (QED) is 0.196. The number of likely N-dealkylation sites (tertiary alicyclic amines) is 1. The first kappa shape index (κ1) is 29.5. The number of rotatable bonds is 11. The van der Waals surface area contributed by atoms with Gasteiger partial charge in [-0.3, -0.25) is 14.6 Å². The van der Waals surface area contributed by atoms with Gasteiger partial charge in [0.2, 0.25) is 11.8 Å². The molecule has 10 heteroatoms. The number of oxazole rings is 1. The Balaban J connectivity index is 1.17. The van der Waals surface area contributed by atoms with Gasteiger partial charge in [-0.25, -0.2) is 15.0 Å². The third kappa shape index (κ3) is 6.22. The summed E-state index contributed by atoms with van der Waals surface area (Å²) in [6, 6.07) is 18.0. The monoisotopic (exact) mass is 592 g/mol. The fourth-order valence-electron chi connectivity index (χ4n) is 6.01. The van der Waals surface area contributed by atoms with Crippen LogP contribution in [0.1, 0.15) is 55.5 Å². The van der Waals surface area contributed by atoms with Gasteiger partial charge in [-0.2, -0.15) is 0 Å². The van der Waals surface area contributed by atoms with Gasteiger partial charge in [0, 0.05) is 23.9 Å². The molecule has 3 aromatic heterocycles. The van der Waals surface area contributed by atoms with E-state index in [2.05, 4.69) is 50.9 Å². The number of amides is 1. The number of nitrogens with one attached hydrogen (secondary N) is 2. The number of nitrogens with zero attached hydrogens (tertiary/aromatic N) is 6. The van der Waals surface area contributed by atoms with Gasteiger partial charge >= 0.3 is 0 Å². The zero-order valence-electron chi connectivity index (χ0n) is 25.8. The van der Waals surface area contributed by atoms with E-state index in [-0.39, 0.29) is 11.9 Å². The predicted molar refractivity (Wildman–Crippen MR) is 170 cm³/mol. The molecule has 2 aromatic carbocycles. The molecule has 5 aromatic rings. The van der Waals surface area contributed by atoms with Crippen molar-refractivity contribution >= 4 is 5.91 Å². The lowest BCUT2D eigenvalue weighted by molar-refractivity contribution is -0.137. The van der Waals surface area contributed by atoms with Crippen LogP contribution in [-0.2, 0) is 11.3 Å². The molecule has 1 aliphatic heterocycles. The van der Waals surface area contributed by atoms with Crippen molar-refractivity contribution in [2.24, 2.45) is 0 Å². The fraction of sp³-hybridized carbons (Fsp3) is 0.353. The molecule has 6 rings (SSSR count). The largest absolute Gasteiger partial charge is 0.435 e.